The number of rotatable bonds is 5. The van der Waals surface area contributed by atoms with E-state index in [-0.39, 0.29) is 5.43 Å². The minimum atomic E-state index is -0.0539. The van der Waals surface area contributed by atoms with Crippen LogP contribution in [0.25, 0.3) is 22.1 Å². The van der Waals surface area contributed by atoms with E-state index >= 15 is 0 Å². The Morgan fingerprint density at radius 3 is 2.81 bits per heavy atom. The summed E-state index contributed by atoms with van der Waals surface area (Å²) in [5.74, 6) is 2.01. The lowest BCUT2D eigenvalue weighted by atomic mass is 9.99. The molecule has 5 nitrogen and oxygen atoms in total. The summed E-state index contributed by atoms with van der Waals surface area (Å²) < 4.78 is 17.7. The molecule has 0 spiro atoms. The molecule has 0 radical (unpaired) electrons. The van der Waals surface area contributed by atoms with E-state index < -0.39 is 0 Å². The average molecular weight is 434 g/mol. The van der Waals surface area contributed by atoms with Gasteiger partial charge in [-0.15, -0.1) is 11.3 Å². The number of benzene rings is 2. The normalized spacial score (nSPS) is 13.7. The highest BCUT2D eigenvalue weighted by Gasteiger charge is 2.24. The van der Waals surface area contributed by atoms with E-state index in [9.17, 15) is 4.79 Å². The summed E-state index contributed by atoms with van der Waals surface area (Å²) in [7, 11) is 1.61. The number of hydrogen-bond acceptors (Lipinski definition) is 6. The van der Waals surface area contributed by atoms with Gasteiger partial charge in [0.1, 0.15) is 29.6 Å². The van der Waals surface area contributed by atoms with Crippen LogP contribution in [-0.4, -0.2) is 25.3 Å². The van der Waals surface area contributed by atoms with Gasteiger partial charge >= 0.3 is 0 Å². The monoisotopic (exact) mass is 433 g/mol. The molecule has 0 fully saturated rings. The van der Waals surface area contributed by atoms with Gasteiger partial charge in [0.15, 0.2) is 0 Å². The molecule has 31 heavy (non-hydrogen) atoms. The molecule has 0 amide bonds. The molecule has 0 unspecified atom stereocenters. The van der Waals surface area contributed by atoms with Crippen LogP contribution in [0.15, 0.2) is 63.1 Å². The number of hydrogen-bond donors (Lipinski definition) is 0. The Kier molecular flexibility index (Phi) is 5.26. The summed E-state index contributed by atoms with van der Waals surface area (Å²) >= 11 is 1.77. The van der Waals surface area contributed by atoms with E-state index in [0.29, 0.717) is 41.3 Å². The minimum Gasteiger partial charge on any atom is -0.496 e. The third-order valence-corrected chi connectivity index (χ3v) is 6.65. The summed E-state index contributed by atoms with van der Waals surface area (Å²) in [6, 6.07) is 15.4. The first-order valence-electron chi connectivity index (χ1n) is 10.3. The van der Waals surface area contributed by atoms with Crippen LogP contribution in [0.2, 0.25) is 0 Å². The van der Waals surface area contributed by atoms with Crippen LogP contribution in [0, 0.1) is 6.92 Å². The number of ether oxygens (including phenoxy) is 2. The third-order valence-electron chi connectivity index (χ3n) is 5.71. The second-order valence-electron chi connectivity index (χ2n) is 7.64. The van der Waals surface area contributed by atoms with Crippen molar-refractivity contribution in [2.45, 2.75) is 19.9 Å². The number of methoxy groups -OCH3 is 1. The fourth-order valence-corrected chi connectivity index (χ4v) is 4.85. The molecule has 1 aliphatic rings. The lowest BCUT2D eigenvalue weighted by Crippen LogP contribution is -2.33. The SMILES string of the molecule is COc1ccccc1-c1c(C)oc2c3c(ccc2c1=O)OCN(CCc1cccs1)C3. The first-order valence-corrected chi connectivity index (χ1v) is 11.1. The Balaban J connectivity index is 1.55. The zero-order valence-electron chi connectivity index (χ0n) is 17.5. The molecule has 4 aromatic rings. The van der Waals surface area contributed by atoms with Crippen molar-refractivity contribution in [3.63, 3.8) is 0 Å². The molecule has 5 rings (SSSR count). The zero-order chi connectivity index (χ0) is 21.4. The van der Waals surface area contributed by atoms with E-state index in [2.05, 4.69) is 22.4 Å². The number of thiophene rings is 1. The molecule has 2 aromatic carbocycles. The molecule has 3 heterocycles. The van der Waals surface area contributed by atoms with Gasteiger partial charge in [-0.3, -0.25) is 9.69 Å². The Labute approximate surface area is 184 Å². The Bertz CT molecular complexity index is 1290. The van der Waals surface area contributed by atoms with Gasteiger partial charge < -0.3 is 13.9 Å². The van der Waals surface area contributed by atoms with Crippen molar-refractivity contribution in [3.05, 3.63) is 80.3 Å². The molecule has 2 aromatic heterocycles. The Hall–Kier alpha value is -3.09. The fraction of sp³-hybridized carbons (Fsp3) is 0.240. The molecule has 6 heteroatoms. The molecule has 0 saturated carbocycles. The van der Waals surface area contributed by atoms with Crippen LogP contribution in [0.1, 0.15) is 16.2 Å². The maximum atomic E-state index is 13.5. The maximum Gasteiger partial charge on any atom is 0.200 e. The first kappa shape index (κ1) is 19.8. The van der Waals surface area contributed by atoms with E-state index in [0.717, 1.165) is 29.8 Å². The van der Waals surface area contributed by atoms with Gasteiger partial charge in [0.05, 0.1) is 23.6 Å². The van der Waals surface area contributed by atoms with Crippen molar-refractivity contribution in [2.24, 2.45) is 0 Å². The van der Waals surface area contributed by atoms with E-state index in [1.54, 1.807) is 24.5 Å². The standard InChI is InChI=1S/C25H23NO4S/c1-16-23(18-7-3-4-8-21(18)28-2)24(27)19-9-10-22-20(25(19)30-16)14-26(15-29-22)12-11-17-6-5-13-31-17/h3-10,13H,11-12,14-15H2,1-2H3. The van der Waals surface area contributed by atoms with Gasteiger partial charge in [0.25, 0.3) is 0 Å². The smallest absolute Gasteiger partial charge is 0.200 e. The van der Waals surface area contributed by atoms with Gasteiger partial charge in [-0.2, -0.15) is 0 Å². The van der Waals surface area contributed by atoms with Gasteiger partial charge in [-0.25, -0.2) is 0 Å². The van der Waals surface area contributed by atoms with Gasteiger partial charge in [-0.1, -0.05) is 24.3 Å². The molecule has 158 valence electrons. The minimum absolute atomic E-state index is 0.0539. The topological polar surface area (TPSA) is 51.9 Å². The van der Waals surface area contributed by atoms with Crippen LogP contribution < -0.4 is 14.9 Å². The van der Waals surface area contributed by atoms with E-state index in [4.69, 9.17) is 13.9 Å². The summed E-state index contributed by atoms with van der Waals surface area (Å²) in [4.78, 5) is 17.1. The molecule has 0 bridgehead atoms. The summed E-state index contributed by atoms with van der Waals surface area (Å²) in [5, 5.41) is 2.66. The molecule has 0 saturated heterocycles. The Morgan fingerprint density at radius 1 is 1.13 bits per heavy atom. The largest absolute Gasteiger partial charge is 0.496 e. The average Bonchev–Trinajstić information content (AvgIpc) is 3.31. The third kappa shape index (κ3) is 3.62. The van der Waals surface area contributed by atoms with E-state index in [1.807, 2.05) is 37.3 Å². The van der Waals surface area contributed by atoms with E-state index in [1.165, 1.54) is 4.88 Å². The van der Waals surface area contributed by atoms with Gasteiger partial charge in [-0.05, 0) is 43.0 Å². The van der Waals surface area contributed by atoms with Crippen LogP contribution in [0.5, 0.6) is 11.5 Å². The van der Waals surface area contributed by atoms with Crippen molar-refractivity contribution in [3.8, 4) is 22.6 Å². The summed E-state index contributed by atoms with van der Waals surface area (Å²) in [5.41, 5.74) is 2.77. The molecular weight excluding hydrogens is 410 g/mol. The second-order valence-corrected chi connectivity index (χ2v) is 8.67. The fourth-order valence-electron chi connectivity index (χ4n) is 4.15. The van der Waals surface area contributed by atoms with Crippen molar-refractivity contribution in [1.82, 2.24) is 4.90 Å². The number of para-hydroxylation sites is 1. The molecular formula is C25H23NO4S. The highest BCUT2D eigenvalue weighted by atomic mass is 32.1. The lowest BCUT2D eigenvalue weighted by molar-refractivity contribution is 0.0970. The number of aryl methyl sites for hydroxylation is 1. The van der Waals surface area contributed by atoms with Crippen LogP contribution in [-0.2, 0) is 13.0 Å². The van der Waals surface area contributed by atoms with Crippen molar-refractivity contribution >= 4 is 22.3 Å². The number of fused-ring (bicyclic) bond motifs is 3. The van der Waals surface area contributed by atoms with Gasteiger partial charge in [0.2, 0.25) is 5.43 Å². The molecule has 0 atom stereocenters. The highest BCUT2D eigenvalue weighted by Crippen LogP contribution is 2.36. The summed E-state index contributed by atoms with van der Waals surface area (Å²) in [6.07, 6.45) is 0.974. The van der Waals surface area contributed by atoms with Crippen molar-refractivity contribution in [2.75, 3.05) is 20.4 Å². The quantitative estimate of drug-likeness (QED) is 0.431. The molecule has 0 N–H and O–H groups in total. The van der Waals surface area contributed by atoms with Crippen molar-refractivity contribution in [1.29, 1.82) is 0 Å². The summed E-state index contributed by atoms with van der Waals surface area (Å²) in [6.45, 7) is 3.94. The van der Waals surface area contributed by atoms with Crippen molar-refractivity contribution < 1.29 is 13.9 Å². The highest BCUT2D eigenvalue weighted by molar-refractivity contribution is 7.09. The first-order chi connectivity index (χ1) is 15.2. The van der Waals surface area contributed by atoms with Crippen LogP contribution in [0.3, 0.4) is 0 Å². The Morgan fingerprint density at radius 2 is 2.00 bits per heavy atom. The number of nitrogens with zero attached hydrogens (tertiary/aromatic N) is 1. The lowest BCUT2D eigenvalue weighted by Gasteiger charge is -2.29. The zero-order valence-corrected chi connectivity index (χ0v) is 18.3. The predicted molar refractivity (Wildman–Crippen MR) is 123 cm³/mol. The molecule has 0 aliphatic carbocycles. The van der Waals surface area contributed by atoms with Crippen LogP contribution >= 0.6 is 11.3 Å². The van der Waals surface area contributed by atoms with Gasteiger partial charge in [0, 0.05) is 23.5 Å². The second kappa shape index (κ2) is 8.21. The van der Waals surface area contributed by atoms with Crippen LogP contribution in [0.4, 0.5) is 0 Å². The predicted octanol–water partition coefficient (Wildman–Crippen LogP) is 5.23. The maximum absolute atomic E-state index is 13.5. The molecule has 1 aliphatic heterocycles.